The largest absolute Gasteiger partial charge is 0.469 e. The zero-order valence-corrected chi connectivity index (χ0v) is 19.3. The minimum Gasteiger partial charge on any atom is -0.469 e. The Balaban J connectivity index is 1.23. The lowest BCUT2D eigenvalue weighted by Gasteiger charge is -2.14. The fourth-order valence-electron chi connectivity index (χ4n) is 4.09. The molecule has 1 aliphatic carbocycles. The molecule has 0 saturated carbocycles. The maximum atomic E-state index is 12.9. The number of hydrogen-bond donors (Lipinski definition) is 3. The molecule has 35 heavy (non-hydrogen) atoms. The highest BCUT2D eigenvalue weighted by Crippen LogP contribution is 2.33. The monoisotopic (exact) mass is 472 g/mol. The number of aromatic amines is 1. The van der Waals surface area contributed by atoms with Crippen molar-refractivity contribution in [2.45, 2.75) is 45.2 Å². The number of amides is 2. The molecule has 178 valence electrons. The van der Waals surface area contributed by atoms with E-state index in [0.29, 0.717) is 12.4 Å². The van der Waals surface area contributed by atoms with Crippen LogP contribution in [0.3, 0.4) is 0 Å². The maximum absolute atomic E-state index is 12.9. The maximum Gasteiger partial charge on any atom is 0.270 e. The number of aromatic nitrogens is 6. The van der Waals surface area contributed by atoms with Crippen LogP contribution in [0.15, 0.2) is 47.3 Å². The van der Waals surface area contributed by atoms with E-state index in [4.69, 9.17) is 4.42 Å². The lowest BCUT2D eigenvalue weighted by molar-refractivity contribution is 0.0931. The van der Waals surface area contributed by atoms with Crippen LogP contribution in [0.1, 0.15) is 75.7 Å². The summed E-state index contributed by atoms with van der Waals surface area (Å²) < 4.78 is 5.49. The number of tetrazole rings is 1. The lowest BCUT2D eigenvalue weighted by Crippen LogP contribution is -2.29. The van der Waals surface area contributed by atoms with Crippen LogP contribution in [0.25, 0.3) is 11.4 Å². The van der Waals surface area contributed by atoms with Crippen molar-refractivity contribution in [3.8, 4) is 11.4 Å². The third kappa shape index (κ3) is 4.79. The van der Waals surface area contributed by atoms with E-state index >= 15 is 0 Å². The minimum atomic E-state index is -0.394. The summed E-state index contributed by atoms with van der Waals surface area (Å²) >= 11 is 0. The van der Waals surface area contributed by atoms with Crippen molar-refractivity contribution in [1.29, 1.82) is 0 Å². The summed E-state index contributed by atoms with van der Waals surface area (Å²) in [5.74, 6) is 0.892. The van der Waals surface area contributed by atoms with Crippen molar-refractivity contribution in [2.75, 3.05) is 0 Å². The smallest absolute Gasteiger partial charge is 0.270 e. The topological polar surface area (TPSA) is 152 Å². The van der Waals surface area contributed by atoms with Crippen molar-refractivity contribution in [3.05, 3.63) is 76.8 Å². The van der Waals surface area contributed by atoms with E-state index in [2.05, 4.69) is 41.2 Å². The SMILES string of the molecule is CC(C)c1cc(CNC(=O)c2cc(C(=O)N[C@H]3CCc4cc(-c5nn[nH]n5)ccc43)ncn2)co1. The van der Waals surface area contributed by atoms with E-state index < -0.39 is 5.91 Å². The van der Waals surface area contributed by atoms with Crippen molar-refractivity contribution in [2.24, 2.45) is 0 Å². The summed E-state index contributed by atoms with van der Waals surface area (Å²) in [6.07, 6.45) is 4.42. The molecule has 0 bridgehead atoms. The molecular formula is C24H24N8O3. The van der Waals surface area contributed by atoms with Crippen LogP contribution >= 0.6 is 0 Å². The molecule has 0 spiro atoms. The molecule has 11 heteroatoms. The Kier molecular flexibility index (Phi) is 6.04. The van der Waals surface area contributed by atoms with Gasteiger partial charge in [-0.3, -0.25) is 9.59 Å². The minimum absolute atomic E-state index is 0.120. The Morgan fingerprint density at radius 1 is 1.14 bits per heavy atom. The number of rotatable bonds is 7. The number of aryl methyl sites for hydroxylation is 1. The standard InChI is InChI=1S/C24H24N8O3/c1-13(2)21-7-14(11-35-21)10-25-23(33)19-9-20(27-12-26-19)24(34)28-18-6-4-15-8-16(3-5-17(15)18)22-29-31-32-30-22/h3,5,7-9,11-13,18H,4,6,10H2,1-2H3,(H,25,33)(H,28,34)(H,29,30,31,32)/t18-/m0/s1. The van der Waals surface area contributed by atoms with E-state index in [1.54, 1.807) is 6.26 Å². The van der Waals surface area contributed by atoms with Gasteiger partial charge in [0.25, 0.3) is 11.8 Å². The Morgan fingerprint density at radius 3 is 2.71 bits per heavy atom. The van der Waals surface area contributed by atoms with Gasteiger partial charge >= 0.3 is 0 Å². The predicted octanol–water partition coefficient (Wildman–Crippen LogP) is 2.72. The van der Waals surface area contributed by atoms with Gasteiger partial charge in [0.05, 0.1) is 12.3 Å². The zero-order chi connectivity index (χ0) is 24.4. The number of H-pyrrole nitrogens is 1. The van der Waals surface area contributed by atoms with Crippen LogP contribution in [0.5, 0.6) is 0 Å². The van der Waals surface area contributed by atoms with Crippen LogP contribution in [0.2, 0.25) is 0 Å². The van der Waals surface area contributed by atoms with Crippen LogP contribution < -0.4 is 10.6 Å². The molecule has 1 aliphatic rings. The Morgan fingerprint density at radius 2 is 1.97 bits per heavy atom. The Bertz CT molecular complexity index is 1360. The van der Waals surface area contributed by atoms with Gasteiger partial charge in [-0.05, 0) is 41.3 Å². The molecule has 0 saturated heterocycles. The number of carbonyl (C=O) groups excluding carboxylic acids is 2. The molecule has 2 amide bonds. The van der Waals surface area contributed by atoms with Gasteiger partial charge in [-0.15, -0.1) is 10.2 Å². The first kappa shape index (κ1) is 22.4. The van der Waals surface area contributed by atoms with Crippen molar-refractivity contribution in [1.82, 2.24) is 41.2 Å². The first-order valence-electron chi connectivity index (χ1n) is 11.3. The molecule has 3 aromatic heterocycles. The number of fused-ring (bicyclic) bond motifs is 1. The first-order valence-corrected chi connectivity index (χ1v) is 11.3. The first-order chi connectivity index (χ1) is 17.0. The van der Waals surface area contributed by atoms with E-state index in [1.807, 2.05) is 38.1 Å². The summed E-state index contributed by atoms with van der Waals surface area (Å²) in [6, 6.07) is 9.05. The number of nitrogens with zero attached hydrogens (tertiary/aromatic N) is 5. The van der Waals surface area contributed by atoms with E-state index in [-0.39, 0.29) is 29.3 Å². The van der Waals surface area contributed by atoms with E-state index in [0.717, 1.165) is 40.9 Å². The predicted molar refractivity (Wildman–Crippen MR) is 124 cm³/mol. The van der Waals surface area contributed by atoms with Crippen LogP contribution in [0, 0.1) is 0 Å². The van der Waals surface area contributed by atoms with Gasteiger partial charge in [0, 0.05) is 29.7 Å². The van der Waals surface area contributed by atoms with Gasteiger partial charge < -0.3 is 15.1 Å². The van der Waals surface area contributed by atoms with Crippen molar-refractivity contribution < 1.29 is 14.0 Å². The molecule has 3 heterocycles. The van der Waals surface area contributed by atoms with Crippen molar-refractivity contribution >= 4 is 11.8 Å². The molecule has 0 radical (unpaired) electrons. The summed E-state index contributed by atoms with van der Waals surface area (Å²) in [7, 11) is 0. The second kappa shape index (κ2) is 9.45. The van der Waals surface area contributed by atoms with Gasteiger partial charge in [-0.1, -0.05) is 26.0 Å². The second-order valence-electron chi connectivity index (χ2n) is 8.70. The molecule has 4 aromatic rings. The molecule has 0 aliphatic heterocycles. The molecule has 11 nitrogen and oxygen atoms in total. The summed E-state index contributed by atoms with van der Waals surface area (Å²) in [5.41, 5.74) is 4.14. The normalized spacial score (nSPS) is 14.7. The molecule has 1 aromatic carbocycles. The quantitative estimate of drug-likeness (QED) is 0.371. The van der Waals surface area contributed by atoms with Crippen LogP contribution in [0.4, 0.5) is 0 Å². The number of carbonyl (C=O) groups is 2. The van der Waals surface area contributed by atoms with Gasteiger partial charge in [-0.25, -0.2) is 9.97 Å². The molecular weight excluding hydrogens is 448 g/mol. The van der Waals surface area contributed by atoms with E-state index in [1.165, 1.54) is 12.4 Å². The van der Waals surface area contributed by atoms with Gasteiger partial charge in [-0.2, -0.15) is 5.21 Å². The lowest BCUT2D eigenvalue weighted by atomic mass is 10.0. The summed E-state index contributed by atoms with van der Waals surface area (Å²) in [5, 5.41) is 19.9. The number of nitrogens with one attached hydrogen (secondary N) is 3. The summed E-state index contributed by atoms with van der Waals surface area (Å²) in [4.78, 5) is 33.6. The highest BCUT2D eigenvalue weighted by molar-refractivity contribution is 5.97. The Labute approximate surface area is 200 Å². The molecule has 0 unspecified atom stereocenters. The van der Waals surface area contributed by atoms with Crippen molar-refractivity contribution in [3.63, 3.8) is 0 Å². The number of furan rings is 1. The number of hydrogen-bond acceptors (Lipinski definition) is 8. The molecule has 0 fully saturated rings. The molecule has 5 rings (SSSR count). The number of benzene rings is 1. The highest BCUT2D eigenvalue weighted by Gasteiger charge is 2.26. The van der Waals surface area contributed by atoms with Crippen LogP contribution in [-0.4, -0.2) is 42.4 Å². The van der Waals surface area contributed by atoms with Gasteiger partial charge in [0.2, 0.25) is 5.82 Å². The third-order valence-corrected chi connectivity index (χ3v) is 5.96. The summed E-state index contributed by atoms with van der Waals surface area (Å²) in [6.45, 7) is 4.37. The fourth-order valence-corrected chi connectivity index (χ4v) is 4.09. The molecule has 3 N–H and O–H groups in total. The second-order valence-corrected chi connectivity index (χ2v) is 8.70. The van der Waals surface area contributed by atoms with Crippen LogP contribution in [-0.2, 0) is 13.0 Å². The molecule has 1 atom stereocenters. The zero-order valence-electron chi connectivity index (χ0n) is 19.3. The average molecular weight is 473 g/mol. The highest BCUT2D eigenvalue weighted by atomic mass is 16.3. The third-order valence-electron chi connectivity index (χ3n) is 5.96. The van der Waals surface area contributed by atoms with Gasteiger partial charge in [0.15, 0.2) is 0 Å². The van der Waals surface area contributed by atoms with Gasteiger partial charge in [0.1, 0.15) is 23.5 Å². The average Bonchev–Trinajstić information content (AvgIpc) is 3.64. The fraction of sp³-hybridized carbons (Fsp3) is 0.292. The Hall–Kier alpha value is -4.41. The van der Waals surface area contributed by atoms with E-state index in [9.17, 15) is 9.59 Å².